The fourth-order valence-corrected chi connectivity index (χ4v) is 2.54. The van der Waals surface area contributed by atoms with Crippen molar-refractivity contribution in [1.82, 2.24) is 30.3 Å². The van der Waals surface area contributed by atoms with E-state index in [1.807, 2.05) is 19.9 Å². The van der Waals surface area contributed by atoms with Crippen molar-refractivity contribution in [2.75, 3.05) is 6.54 Å². The number of aromatic nitrogens is 5. The summed E-state index contributed by atoms with van der Waals surface area (Å²) in [6.07, 6.45) is 1.02. The van der Waals surface area contributed by atoms with Crippen molar-refractivity contribution >= 4 is 0 Å². The molecule has 2 aromatic heterocycles. The van der Waals surface area contributed by atoms with Crippen LogP contribution in [0.3, 0.4) is 0 Å². The van der Waals surface area contributed by atoms with Gasteiger partial charge in [0.1, 0.15) is 0 Å². The second-order valence-corrected chi connectivity index (χ2v) is 4.93. The number of nitrogens with zero attached hydrogens (tertiary/aromatic N) is 5. The zero-order chi connectivity index (χ0) is 13.4. The van der Waals surface area contributed by atoms with Crippen LogP contribution < -0.4 is 5.32 Å². The van der Waals surface area contributed by atoms with Gasteiger partial charge < -0.3 is 9.88 Å². The Labute approximate surface area is 112 Å². The number of aryl methyl sites for hydroxylation is 2. The topological polar surface area (TPSA) is 68.5 Å². The average molecular weight is 258 g/mol. The molecule has 0 aliphatic carbocycles. The highest BCUT2D eigenvalue weighted by atomic mass is 15.3. The second-order valence-electron chi connectivity index (χ2n) is 4.93. The van der Waals surface area contributed by atoms with Crippen LogP contribution >= 0.6 is 0 Å². The molecule has 0 saturated carbocycles. The molecule has 19 heavy (non-hydrogen) atoms. The number of nitrogens with one attached hydrogen (secondary N) is 1. The summed E-state index contributed by atoms with van der Waals surface area (Å²) in [4.78, 5) is 0. The molecule has 0 radical (unpaired) electrons. The molecule has 0 saturated heterocycles. The van der Waals surface area contributed by atoms with E-state index in [1.54, 1.807) is 0 Å². The smallest absolute Gasteiger partial charge is 0.166 e. The molecule has 1 unspecified atom stereocenters. The van der Waals surface area contributed by atoms with Gasteiger partial charge in [0.25, 0.3) is 0 Å². The lowest BCUT2D eigenvalue weighted by atomic mass is 10.1. The third-order valence-electron chi connectivity index (χ3n) is 3.57. The molecule has 0 bridgehead atoms. The van der Waals surface area contributed by atoms with Crippen LogP contribution in [0.4, 0.5) is 0 Å². The van der Waals surface area contributed by atoms with Crippen LogP contribution in [-0.2, 0) is 6.54 Å². The molecular weight excluding hydrogens is 240 g/mol. The van der Waals surface area contributed by atoms with Gasteiger partial charge in [-0.05, 0) is 26.3 Å². The standard InChI is InChI=1S/C13H18N6/c1-4-11-13-18-17-12(19(13)6-5-14-11)10-7-8(2)15-16-9(10)3/h7,11,14H,4-6H2,1-3H3. The van der Waals surface area contributed by atoms with Crippen molar-refractivity contribution in [1.29, 1.82) is 0 Å². The molecule has 6 nitrogen and oxygen atoms in total. The summed E-state index contributed by atoms with van der Waals surface area (Å²) in [6.45, 7) is 7.91. The zero-order valence-corrected chi connectivity index (χ0v) is 11.5. The molecule has 1 atom stereocenters. The van der Waals surface area contributed by atoms with Gasteiger partial charge in [-0.2, -0.15) is 10.2 Å². The number of rotatable bonds is 2. The van der Waals surface area contributed by atoms with Crippen LogP contribution in [-0.4, -0.2) is 31.5 Å². The van der Waals surface area contributed by atoms with Gasteiger partial charge in [0.05, 0.1) is 17.4 Å². The van der Waals surface area contributed by atoms with E-state index in [4.69, 9.17) is 0 Å². The molecule has 1 aliphatic heterocycles. The summed E-state index contributed by atoms with van der Waals surface area (Å²) >= 11 is 0. The van der Waals surface area contributed by atoms with Crippen LogP contribution in [0.15, 0.2) is 6.07 Å². The van der Waals surface area contributed by atoms with Gasteiger partial charge in [0.15, 0.2) is 11.6 Å². The van der Waals surface area contributed by atoms with Gasteiger partial charge in [0, 0.05) is 18.7 Å². The first-order chi connectivity index (χ1) is 9.20. The van der Waals surface area contributed by atoms with E-state index in [9.17, 15) is 0 Å². The molecule has 0 fully saturated rings. The predicted molar refractivity (Wildman–Crippen MR) is 71.6 cm³/mol. The maximum Gasteiger partial charge on any atom is 0.166 e. The molecule has 6 heteroatoms. The molecular formula is C13H18N6. The van der Waals surface area contributed by atoms with Crippen molar-refractivity contribution in [2.24, 2.45) is 0 Å². The molecule has 1 N–H and O–H groups in total. The fourth-order valence-electron chi connectivity index (χ4n) is 2.54. The Balaban J connectivity index is 2.12. The largest absolute Gasteiger partial charge is 0.308 e. The Morgan fingerprint density at radius 3 is 2.89 bits per heavy atom. The van der Waals surface area contributed by atoms with Crippen LogP contribution in [0, 0.1) is 13.8 Å². The Hall–Kier alpha value is -1.82. The maximum atomic E-state index is 4.37. The maximum absolute atomic E-state index is 4.37. The molecule has 3 heterocycles. The van der Waals surface area contributed by atoms with Crippen molar-refractivity contribution in [3.8, 4) is 11.4 Å². The van der Waals surface area contributed by atoms with Crippen LogP contribution in [0.5, 0.6) is 0 Å². The molecule has 0 aromatic carbocycles. The highest BCUT2D eigenvalue weighted by molar-refractivity contribution is 5.58. The van der Waals surface area contributed by atoms with Gasteiger partial charge in [-0.15, -0.1) is 10.2 Å². The van der Waals surface area contributed by atoms with Gasteiger partial charge >= 0.3 is 0 Å². The van der Waals surface area contributed by atoms with Gasteiger partial charge in [0.2, 0.25) is 0 Å². The van der Waals surface area contributed by atoms with Crippen LogP contribution in [0.1, 0.15) is 36.6 Å². The summed E-state index contributed by atoms with van der Waals surface area (Å²) in [5.74, 6) is 1.93. The Kier molecular flexibility index (Phi) is 3.02. The predicted octanol–water partition coefficient (Wildman–Crippen LogP) is 1.41. The van der Waals surface area contributed by atoms with E-state index < -0.39 is 0 Å². The first-order valence-electron chi connectivity index (χ1n) is 6.68. The van der Waals surface area contributed by atoms with Crippen molar-refractivity contribution in [3.05, 3.63) is 23.3 Å². The summed E-state index contributed by atoms with van der Waals surface area (Å²) < 4.78 is 2.20. The van der Waals surface area contributed by atoms with Gasteiger partial charge in [-0.25, -0.2) is 0 Å². The van der Waals surface area contributed by atoms with E-state index >= 15 is 0 Å². The molecule has 1 aliphatic rings. The lowest BCUT2D eigenvalue weighted by molar-refractivity contribution is 0.407. The van der Waals surface area contributed by atoms with Crippen LogP contribution in [0.2, 0.25) is 0 Å². The summed E-state index contributed by atoms with van der Waals surface area (Å²) in [7, 11) is 0. The molecule has 0 amide bonds. The number of hydrogen-bond acceptors (Lipinski definition) is 5. The van der Waals surface area contributed by atoms with Crippen molar-refractivity contribution in [3.63, 3.8) is 0 Å². The molecule has 0 spiro atoms. The van der Waals surface area contributed by atoms with E-state index in [0.29, 0.717) is 6.04 Å². The quantitative estimate of drug-likeness (QED) is 0.882. The highest BCUT2D eigenvalue weighted by Gasteiger charge is 2.24. The summed E-state index contributed by atoms with van der Waals surface area (Å²) in [5.41, 5.74) is 2.83. The Morgan fingerprint density at radius 1 is 1.26 bits per heavy atom. The third kappa shape index (κ3) is 2.02. The van der Waals surface area contributed by atoms with Crippen molar-refractivity contribution < 1.29 is 0 Å². The third-order valence-corrected chi connectivity index (χ3v) is 3.57. The first kappa shape index (κ1) is 12.2. The SMILES string of the molecule is CCC1NCCn2c(-c3cc(C)nnc3C)nnc21. The van der Waals surface area contributed by atoms with E-state index in [1.165, 1.54) is 0 Å². The number of hydrogen-bond donors (Lipinski definition) is 1. The minimum Gasteiger partial charge on any atom is -0.308 e. The average Bonchev–Trinajstić information content (AvgIpc) is 2.85. The summed E-state index contributed by atoms with van der Waals surface area (Å²) in [5, 5.41) is 20.4. The van der Waals surface area contributed by atoms with E-state index in [-0.39, 0.29) is 0 Å². The van der Waals surface area contributed by atoms with Crippen molar-refractivity contribution in [2.45, 2.75) is 39.8 Å². The molecule has 2 aromatic rings. The lowest BCUT2D eigenvalue weighted by Gasteiger charge is -2.24. The summed E-state index contributed by atoms with van der Waals surface area (Å²) in [6, 6.07) is 2.33. The minimum absolute atomic E-state index is 0.297. The normalized spacial score (nSPS) is 18.4. The second kappa shape index (κ2) is 4.70. The van der Waals surface area contributed by atoms with E-state index in [0.717, 1.165) is 48.1 Å². The lowest BCUT2D eigenvalue weighted by Crippen LogP contribution is -2.33. The Morgan fingerprint density at radius 2 is 2.11 bits per heavy atom. The minimum atomic E-state index is 0.297. The monoisotopic (exact) mass is 258 g/mol. The molecule has 100 valence electrons. The first-order valence-corrected chi connectivity index (χ1v) is 6.68. The number of fused-ring (bicyclic) bond motifs is 1. The Bertz CT molecular complexity index is 603. The highest BCUT2D eigenvalue weighted by Crippen LogP contribution is 2.26. The van der Waals surface area contributed by atoms with Gasteiger partial charge in [-0.3, -0.25) is 0 Å². The fraction of sp³-hybridized carbons (Fsp3) is 0.538. The van der Waals surface area contributed by atoms with E-state index in [2.05, 4.69) is 37.2 Å². The molecule has 3 rings (SSSR count). The van der Waals surface area contributed by atoms with Crippen LogP contribution in [0.25, 0.3) is 11.4 Å². The zero-order valence-electron chi connectivity index (χ0n) is 11.5. The van der Waals surface area contributed by atoms with Gasteiger partial charge in [-0.1, -0.05) is 6.92 Å².